The van der Waals surface area contributed by atoms with E-state index >= 15 is 0 Å². The normalized spacial score (nSPS) is 16.7. The van der Waals surface area contributed by atoms with Gasteiger partial charge in [0, 0.05) is 32.2 Å². The molecule has 1 fully saturated rings. The third-order valence-electron chi connectivity index (χ3n) is 2.96. The van der Waals surface area contributed by atoms with Crippen LogP contribution in [0.4, 0.5) is 14.5 Å². The van der Waals surface area contributed by atoms with Crippen molar-refractivity contribution >= 4 is 23.0 Å². The molecule has 0 spiro atoms. The van der Waals surface area contributed by atoms with E-state index in [1.807, 2.05) is 11.9 Å². The SMILES string of the molecule is CN1CCN(C(=S)Nc2ccc(F)cc2F)CC1. The molecule has 3 nitrogen and oxygen atoms in total. The number of nitrogens with one attached hydrogen (secondary N) is 1. The van der Waals surface area contributed by atoms with Crippen molar-refractivity contribution < 1.29 is 8.78 Å². The summed E-state index contributed by atoms with van der Waals surface area (Å²) in [5, 5.41) is 3.30. The van der Waals surface area contributed by atoms with Gasteiger partial charge in [-0.25, -0.2) is 8.78 Å². The number of piperazine rings is 1. The average molecular weight is 271 g/mol. The first kappa shape index (κ1) is 13.2. The van der Waals surface area contributed by atoms with E-state index < -0.39 is 11.6 Å². The summed E-state index contributed by atoms with van der Waals surface area (Å²) in [5.41, 5.74) is 0.209. The molecule has 18 heavy (non-hydrogen) atoms. The molecule has 1 aliphatic heterocycles. The van der Waals surface area contributed by atoms with Gasteiger partial charge in [-0.05, 0) is 31.4 Å². The summed E-state index contributed by atoms with van der Waals surface area (Å²) < 4.78 is 26.2. The van der Waals surface area contributed by atoms with E-state index in [9.17, 15) is 8.78 Å². The molecular weight excluding hydrogens is 256 g/mol. The minimum Gasteiger partial charge on any atom is -0.346 e. The number of likely N-dealkylation sites (N-methyl/N-ethyl adjacent to an activating group) is 1. The maximum atomic E-state index is 13.5. The predicted molar refractivity (Wildman–Crippen MR) is 71.6 cm³/mol. The van der Waals surface area contributed by atoms with Crippen molar-refractivity contribution in [2.75, 3.05) is 38.5 Å². The van der Waals surface area contributed by atoms with Crippen molar-refractivity contribution in [3.8, 4) is 0 Å². The van der Waals surface area contributed by atoms with Crippen molar-refractivity contribution in [1.29, 1.82) is 0 Å². The van der Waals surface area contributed by atoms with Crippen LogP contribution in [-0.4, -0.2) is 48.1 Å². The fraction of sp³-hybridized carbons (Fsp3) is 0.417. The summed E-state index contributed by atoms with van der Waals surface area (Å²) >= 11 is 5.22. The van der Waals surface area contributed by atoms with Gasteiger partial charge in [-0.3, -0.25) is 0 Å². The summed E-state index contributed by atoms with van der Waals surface area (Å²) in [6, 6.07) is 3.40. The Morgan fingerprint density at radius 1 is 1.22 bits per heavy atom. The second-order valence-electron chi connectivity index (χ2n) is 4.34. The zero-order chi connectivity index (χ0) is 13.1. The molecule has 0 unspecified atom stereocenters. The lowest BCUT2D eigenvalue weighted by Gasteiger charge is -2.34. The van der Waals surface area contributed by atoms with E-state index in [0.717, 1.165) is 32.2 Å². The standard InChI is InChI=1S/C12H15F2N3S/c1-16-4-6-17(7-5-16)12(18)15-11-3-2-9(13)8-10(11)14/h2-3,8H,4-7H2,1H3,(H,15,18). The number of halogens is 2. The molecule has 1 N–H and O–H groups in total. The van der Waals surface area contributed by atoms with Crippen LogP contribution in [0.1, 0.15) is 0 Å². The molecule has 1 heterocycles. The van der Waals surface area contributed by atoms with Gasteiger partial charge in [-0.1, -0.05) is 0 Å². The van der Waals surface area contributed by atoms with Crippen LogP contribution in [0.25, 0.3) is 0 Å². The Kier molecular flexibility index (Phi) is 4.08. The number of benzene rings is 1. The fourth-order valence-corrected chi connectivity index (χ4v) is 2.09. The first-order chi connectivity index (χ1) is 8.56. The highest BCUT2D eigenvalue weighted by Gasteiger charge is 2.17. The third-order valence-corrected chi connectivity index (χ3v) is 3.32. The number of nitrogens with zero attached hydrogens (tertiary/aromatic N) is 2. The van der Waals surface area contributed by atoms with Crippen molar-refractivity contribution in [1.82, 2.24) is 9.80 Å². The zero-order valence-corrected chi connectivity index (χ0v) is 10.9. The summed E-state index contributed by atoms with van der Waals surface area (Å²) in [6.07, 6.45) is 0. The second-order valence-corrected chi connectivity index (χ2v) is 4.73. The average Bonchev–Trinajstić information content (AvgIpc) is 2.33. The third kappa shape index (κ3) is 3.14. The molecule has 6 heteroatoms. The van der Waals surface area contributed by atoms with Gasteiger partial charge >= 0.3 is 0 Å². The zero-order valence-electron chi connectivity index (χ0n) is 10.1. The quantitative estimate of drug-likeness (QED) is 0.786. The summed E-state index contributed by atoms with van der Waals surface area (Å²) in [6.45, 7) is 3.47. The highest BCUT2D eigenvalue weighted by atomic mass is 32.1. The van der Waals surface area contributed by atoms with Gasteiger partial charge in [-0.2, -0.15) is 0 Å². The van der Waals surface area contributed by atoms with Crippen molar-refractivity contribution in [3.63, 3.8) is 0 Å². The molecule has 2 rings (SSSR count). The molecule has 1 aliphatic rings. The Balaban J connectivity index is 1.98. The van der Waals surface area contributed by atoms with Crippen LogP contribution in [0.15, 0.2) is 18.2 Å². The van der Waals surface area contributed by atoms with Crippen LogP contribution in [-0.2, 0) is 0 Å². The van der Waals surface area contributed by atoms with E-state index in [-0.39, 0.29) is 5.69 Å². The fourth-order valence-electron chi connectivity index (χ4n) is 1.79. The van der Waals surface area contributed by atoms with E-state index in [1.54, 1.807) is 0 Å². The number of thiocarbonyl (C=S) groups is 1. The molecule has 0 amide bonds. The van der Waals surface area contributed by atoms with Crippen molar-refractivity contribution in [2.45, 2.75) is 0 Å². The molecular formula is C12H15F2N3S. The topological polar surface area (TPSA) is 18.5 Å². The molecule has 1 aromatic carbocycles. The van der Waals surface area contributed by atoms with Crippen molar-refractivity contribution in [2.24, 2.45) is 0 Å². The number of hydrogen-bond acceptors (Lipinski definition) is 2. The summed E-state index contributed by atoms with van der Waals surface area (Å²) in [7, 11) is 2.05. The Morgan fingerprint density at radius 3 is 2.50 bits per heavy atom. The molecule has 0 saturated carbocycles. The van der Waals surface area contributed by atoms with Gasteiger partial charge in [0.1, 0.15) is 11.6 Å². The van der Waals surface area contributed by atoms with Crippen LogP contribution in [0.5, 0.6) is 0 Å². The summed E-state index contributed by atoms with van der Waals surface area (Å²) in [5.74, 6) is -1.23. The molecule has 1 saturated heterocycles. The number of hydrogen-bond donors (Lipinski definition) is 1. The Labute approximate surface area is 110 Å². The first-order valence-electron chi connectivity index (χ1n) is 5.76. The van der Waals surface area contributed by atoms with Crippen LogP contribution in [0.3, 0.4) is 0 Å². The minimum absolute atomic E-state index is 0.209. The Bertz CT molecular complexity index is 445. The van der Waals surface area contributed by atoms with Crippen LogP contribution in [0, 0.1) is 11.6 Å². The number of rotatable bonds is 1. The van der Waals surface area contributed by atoms with Gasteiger partial charge in [0.05, 0.1) is 5.69 Å². The monoisotopic (exact) mass is 271 g/mol. The van der Waals surface area contributed by atoms with E-state index in [4.69, 9.17) is 12.2 Å². The maximum absolute atomic E-state index is 13.5. The maximum Gasteiger partial charge on any atom is 0.173 e. The van der Waals surface area contributed by atoms with Gasteiger partial charge in [-0.15, -0.1) is 0 Å². The smallest absolute Gasteiger partial charge is 0.173 e. The number of anilines is 1. The highest BCUT2D eigenvalue weighted by Crippen LogP contribution is 2.16. The Hall–Kier alpha value is -1.27. The molecule has 0 bridgehead atoms. The van der Waals surface area contributed by atoms with Gasteiger partial charge < -0.3 is 15.1 Å². The molecule has 0 atom stereocenters. The lowest BCUT2D eigenvalue weighted by Crippen LogP contribution is -2.48. The van der Waals surface area contributed by atoms with Gasteiger partial charge in [0.25, 0.3) is 0 Å². The molecule has 98 valence electrons. The summed E-state index contributed by atoms with van der Waals surface area (Å²) in [4.78, 5) is 4.19. The van der Waals surface area contributed by atoms with Crippen LogP contribution < -0.4 is 5.32 Å². The van der Waals surface area contributed by atoms with E-state index in [2.05, 4.69) is 10.2 Å². The largest absolute Gasteiger partial charge is 0.346 e. The van der Waals surface area contributed by atoms with Crippen LogP contribution >= 0.6 is 12.2 Å². The lowest BCUT2D eigenvalue weighted by atomic mass is 10.3. The minimum atomic E-state index is -0.633. The van der Waals surface area contributed by atoms with Crippen LogP contribution in [0.2, 0.25) is 0 Å². The first-order valence-corrected chi connectivity index (χ1v) is 6.16. The van der Waals surface area contributed by atoms with E-state index in [1.165, 1.54) is 12.1 Å². The molecule has 0 aromatic heterocycles. The molecule has 0 radical (unpaired) electrons. The van der Waals surface area contributed by atoms with Crippen molar-refractivity contribution in [3.05, 3.63) is 29.8 Å². The second kappa shape index (κ2) is 5.58. The molecule has 1 aromatic rings. The highest BCUT2D eigenvalue weighted by molar-refractivity contribution is 7.80. The van der Waals surface area contributed by atoms with E-state index in [0.29, 0.717) is 5.11 Å². The predicted octanol–water partition coefficient (Wildman–Crippen LogP) is 1.91. The lowest BCUT2D eigenvalue weighted by molar-refractivity contribution is 0.217. The van der Waals surface area contributed by atoms with Gasteiger partial charge in [0.15, 0.2) is 5.11 Å². The molecule has 0 aliphatic carbocycles. The Morgan fingerprint density at radius 2 is 1.89 bits per heavy atom. The van der Waals surface area contributed by atoms with Gasteiger partial charge in [0.2, 0.25) is 0 Å².